The van der Waals surface area contributed by atoms with Crippen molar-refractivity contribution < 1.29 is 4.52 Å². The molecule has 0 saturated carbocycles. The smallest absolute Gasteiger partial charge is 0.151 e. The van der Waals surface area contributed by atoms with Crippen molar-refractivity contribution in [2.45, 2.75) is 6.54 Å². The number of nitrogens with one attached hydrogen (secondary N) is 1. The zero-order valence-corrected chi connectivity index (χ0v) is 10.2. The molecule has 3 heterocycles. The van der Waals surface area contributed by atoms with Gasteiger partial charge in [0.25, 0.3) is 0 Å². The third-order valence-corrected chi connectivity index (χ3v) is 3.08. The lowest BCUT2D eigenvalue weighted by Gasteiger charge is -2.25. The molecule has 0 atom stereocenters. The van der Waals surface area contributed by atoms with Gasteiger partial charge in [-0.15, -0.1) is 0 Å². The molecular formula is C13H16N4O. The Morgan fingerprint density at radius 1 is 1.22 bits per heavy atom. The molecule has 1 aliphatic heterocycles. The normalized spacial score (nSPS) is 16.9. The van der Waals surface area contributed by atoms with E-state index in [1.54, 1.807) is 6.20 Å². The van der Waals surface area contributed by atoms with Gasteiger partial charge in [0, 0.05) is 38.4 Å². The van der Waals surface area contributed by atoms with Crippen LogP contribution in [0.5, 0.6) is 0 Å². The SMILES string of the molecule is c1ccc(-c2cc(CN3CCNCC3)on2)nc1. The quantitative estimate of drug-likeness (QED) is 0.877. The van der Waals surface area contributed by atoms with E-state index in [9.17, 15) is 0 Å². The molecule has 18 heavy (non-hydrogen) atoms. The van der Waals surface area contributed by atoms with Gasteiger partial charge in [0.1, 0.15) is 5.69 Å². The maximum Gasteiger partial charge on any atom is 0.151 e. The Morgan fingerprint density at radius 2 is 2.11 bits per heavy atom. The van der Waals surface area contributed by atoms with Gasteiger partial charge in [-0.3, -0.25) is 9.88 Å². The zero-order chi connectivity index (χ0) is 12.2. The van der Waals surface area contributed by atoms with Crippen LogP contribution < -0.4 is 5.32 Å². The van der Waals surface area contributed by atoms with Crippen LogP contribution in [0.4, 0.5) is 0 Å². The first kappa shape index (κ1) is 11.4. The Kier molecular flexibility index (Phi) is 3.34. The van der Waals surface area contributed by atoms with Crippen molar-refractivity contribution in [3.05, 3.63) is 36.2 Å². The van der Waals surface area contributed by atoms with Crippen molar-refractivity contribution in [3.8, 4) is 11.4 Å². The minimum absolute atomic E-state index is 0.806. The number of piperazine rings is 1. The summed E-state index contributed by atoms with van der Waals surface area (Å²) >= 11 is 0. The summed E-state index contributed by atoms with van der Waals surface area (Å²) in [6, 6.07) is 7.76. The molecular weight excluding hydrogens is 228 g/mol. The second-order valence-corrected chi connectivity index (χ2v) is 4.42. The van der Waals surface area contributed by atoms with Crippen LogP contribution in [0.1, 0.15) is 5.76 Å². The molecule has 1 aliphatic rings. The topological polar surface area (TPSA) is 54.2 Å². The molecule has 1 N–H and O–H groups in total. The molecule has 0 bridgehead atoms. The third-order valence-electron chi connectivity index (χ3n) is 3.08. The van der Waals surface area contributed by atoms with E-state index in [0.29, 0.717) is 0 Å². The van der Waals surface area contributed by atoms with Gasteiger partial charge >= 0.3 is 0 Å². The molecule has 0 unspecified atom stereocenters. The summed E-state index contributed by atoms with van der Waals surface area (Å²) in [5.74, 6) is 0.901. The second-order valence-electron chi connectivity index (χ2n) is 4.42. The van der Waals surface area contributed by atoms with Crippen molar-refractivity contribution in [2.75, 3.05) is 26.2 Å². The van der Waals surface area contributed by atoms with Crippen molar-refractivity contribution >= 4 is 0 Å². The van der Waals surface area contributed by atoms with Crippen molar-refractivity contribution in [3.63, 3.8) is 0 Å². The molecule has 94 valence electrons. The van der Waals surface area contributed by atoms with Crippen LogP contribution in [0.25, 0.3) is 11.4 Å². The van der Waals surface area contributed by atoms with E-state index >= 15 is 0 Å². The first-order valence-electron chi connectivity index (χ1n) is 6.22. The fourth-order valence-corrected chi connectivity index (χ4v) is 2.11. The summed E-state index contributed by atoms with van der Waals surface area (Å²) < 4.78 is 5.37. The average molecular weight is 244 g/mol. The molecule has 1 fully saturated rings. The summed E-state index contributed by atoms with van der Waals surface area (Å²) in [6.45, 7) is 5.02. The predicted octanol–water partition coefficient (Wildman–Crippen LogP) is 1.14. The van der Waals surface area contributed by atoms with E-state index in [4.69, 9.17) is 4.52 Å². The van der Waals surface area contributed by atoms with E-state index in [-0.39, 0.29) is 0 Å². The first-order chi connectivity index (χ1) is 8.92. The van der Waals surface area contributed by atoms with Crippen LogP contribution in [-0.4, -0.2) is 41.2 Å². The fourth-order valence-electron chi connectivity index (χ4n) is 2.11. The highest BCUT2D eigenvalue weighted by atomic mass is 16.5. The molecule has 0 aromatic carbocycles. The van der Waals surface area contributed by atoms with E-state index in [1.807, 2.05) is 24.3 Å². The summed E-state index contributed by atoms with van der Waals surface area (Å²) in [5.41, 5.74) is 1.66. The molecule has 2 aromatic heterocycles. The highest BCUT2D eigenvalue weighted by molar-refractivity contribution is 5.52. The van der Waals surface area contributed by atoms with Crippen molar-refractivity contribution in [1.29, 1.82) is 0 Å². The summed E-state index contributed by atoms with van der Waals surface area (Å²) in [4.78, 5) is 6.62. The Bertz CT molecular complexity index is 491. The summed E-state index contributed by atoms with van der Waals surface area (Å²) in [6.07, 6.45) is 1.76. The van der Waals surface area contributed by atoms with E-state index < -0.39 is 0 Å². The van der Waals surface area contributed by atoms with E-state index in [2.05, 4.69) is 20.4 Å². The number of nitrogens with zero attached hydrogens (tertiary/aromatic N) is 3. The second kappa shape index (κ2) is 5.29. The van der Waals surface area contributed by atoms with E-state index in [1.165, 1.54) is 0 Å². The average Bonchev–Trinajstić information content (AvgIpc) is 2.89. The van der Waals surface area contributed by atoms with Gasteiger partial charge in [-0.05, 0) is 12.1 Å². The van der Waals surface area contributed by atoms with Gasteiger partial charge in [0.15, 0.2) is 5.76 Å². The molecule has 5 heteroatoms. The number of hydrogen-bond donors (Lipinski definition) is 1. The Labute approximate surface area is 106 Å². The van der Waals surface area contributed by atoms with Crippen LogP contribution in [0.2, 0.25) is 0 Å². The lowest BCUT2D eigenvalue weighted by Crippen LogP contribution is -2.42. The van der Waals surface area contributed by atoms with Crippen molar-refractivity contribution in [2.24, 2.45) is 0 Å². The maximum absolute atomic E-state index is 5.37. The Hall–Kier alpha value is -1.72. The maximum atomic E-state index is 5.37. The molecule has 5 nitrogen and oxygen atoms in total. The molecule has 0 spiro atoms. The predicted molar refractivity (Wildman–Crippen MR) is 67.9 cm³/mol. The fraction of sp³-hybridized carbons (Fsp3) is 0.385. The minimum Gasteiger partial charge on any atom is -0.359 e. The summed E-state index contributed by atoms with van der Waals surface area (Å²) in [7, 11) is 0. The Balaban J connectivity index is 1.69. The largest absolute Gasteiger partial charge is 0.359 e. The summed E-state index contributed by atoms with van der Waals surface area (Å²) in [5, 5.41) is 7.41. The molecule has 3 rings (SSSR count). The van der Waals surface area contributed by atoms with Gasteiger partial charge in [-0.25, -0.2) is 0 Å². The highest BCUT2D eigenvalue weighted by Gasteiger charge is 2.13. The molecule has 1 saturated heterocycles. The standard InChI is InChI=1S/C13H16N4O/c1-2-4-15-12(3-1)13-9-11(18-16-13)10-17-7-5-14-6-8-17/h1-4,9,14H,5-8,10H2. The molecule has 0 aliphatic carbocycles. The number of pyridine rings is 1. The third kappa shape index (κ3) is 2.57. The van der Waals surface area contributed by atoms with Crippen LogP contribution in [0.3, 0.4) is 0 Å². The van der Waals surface area contributed by atoms with Crippen LogP contribution in [0, 0.1) is 0 Å². The zero-order valence-electron chi connectivity index (χ0n) is 10.2. The molecule has 2 aromatic rings. The number of aromatic nitrogens is 2. The van der Waals surface area contributed by atoms with Gasteiger partial charge < -0.3 is 9.84 Å². The number of hydrogen-bond acceptors (Lipinski definition) is 5. The lowest BCUT2D eigenvalue weighted by atomic mass is 10.2. The monoisotopic (exact) mass is 244 g/mol. The van der Waals surface area contributed by atoms with E-state index in [0.717, 1.165) is 49.9 Å². The van der Waals surface area contributed by atoms with Gasteiger partial charge in [0.05, 0.1) is 12.2 Å². The lowest BCUT2D eigenvalue weighted by molar-refractivity contribution is 0.207. The first-order valence-corrected chi connectivity index (χ1v) is 6.22. The minimum atomic E-state index is 0.806. The van der Waals surface area contributed by atoms with Gasteiger partial charge in [-0.2, -0.15) is 0 Å². The van der Waals surface area contributed by atoms with Crippen molar-refractivity contribution in [1.82, 2.24) is 20.4 Å². The molecule has 0 amide bonds. The highest BCUT2D eigenvalue weighted by Crippen LogP contribution is 2.17. The molecule has 0 radical (unpaired) electrons. The van der Waals surface area contributed by atoms with Crippen LogP contribution in [-0.2, 0) is 6.54 Å². The van der Waals surface area contributed by atoms with Crippen LogP contribution in [0.15, 0.2) is 35.0 Å². The van der Waals surface area contributed by atoms with Gasteiger partial charge in [0.2, 0.25) is 0 Å². The van der Waals surface area contributed by atoms with Gasteiger partial charge in [-0.1, -0.05) is 11.2 Å². The van der Waals surface area contributed by atoms with Crippen LogP contribution >= 0.6 is 0 Å². The Morgan fingerprint density at radius 3 is 2.89 bits per heavy atom. The number of rotatable bonds is 3.